The first-order chi connectivity index (χ1) is 12.6. The highest BCUT2D eigenvalue weighted by atomic mass is 16.6. The number of benzene rings is 1. The zero-order chi connectivity index (χ0) is 19.8. The lowest BCUT2D eigenvalue weighted by Gasteiger charge is -2.40. The summed E-state index contributed by atoms with van der Waals surface area (Å²) in [5.41, 5.74) is 0.580. The number of carbonyl (C=O) groups excluding carboxylic acids is 2. The van der Waals surface area contributed by atoms with Gasteiger partial charge in [-0.3, -0.25) is 9.69 Å². The molecule has 1 N–H and O–H groups in total. The summed E-state index contributed by atoms with van der Waals surface area (Å²) in [5, 5.41) is 9.10. The van der Waals surface area contributed by atoms with Crippen molar-refractivity contribution >= 4 is 18.0 Å². The lowest BCUT2D eigenvalue weighted by Crippen LogP contribution is -2.53. The monoisotopic (exact) mass is 374 g/mol. The minimum absolute atomic E-state index is 0.0292. The Morgan fingerprint density at radius 1 is 1.22 bits per heavy atom. The molecule has 2 aliphatic rings. The van der Waals surface area contributed by atoms with Crippen LogP contribution < -0.4 is 0 Å². The van der Waals surface area contributed by atoms with Crippen LogP contribution in [0.25, 0.3) is 0 Å². The lowest BCUT2D eigenvalue weighted by atomic mass is 9.90. The minimum Gasteiger partial charge on any atom is -0.478 e. The van der Waals surface area contributed by atoms with Gasteiger partial charge in [-0.25, -0.2) is 9.59 Å². The molecule has 1 saturated heterocycles. The van der Waals surface area contributed by atoms with E-state index in [9.17, 15) is 14.4 Å². The Morgan fingerprint density at radius 2 is 1.89 bits per heavy atom. The smallest absolute Gasteiger partial charge is 0.411 e. The Balaban J connectivity index is 1.56. The van der Waals surface area contributed by atoms with Crippen molar-refractivity contribution in [3.8, 4) is 0 Å². The highest BCUT2D eigenvalue weighted by Crippen LogP contribution is 2.31. The van der Waals surface area contributed by atoms with E-state index >= 15 is 0 Å². The molecule has 1 aliphatic carbocycles. The highest BCUT2D eigenvalue weighted by molar-refractivity contribution is 5.88. The number of hydrogen-bond donors (Lipinski definition) is 1. The summed E-state index contributed by atoms with van der Waals surface area (Å²) in [6.07, 6.45) is 1.36. The zero-order valence-electron chi connectivity index (χ0n) is 16.0. The molecule has 1 aromatic carbocycles. The number of rotatable bonds is 5. The van der Waals surface area contributed by atoms with Crippen molar-refractivity contribution < 1.29 is 24.2 Å². The second-order valence-corrected chi connectivity index (χ2v) is 8.27. The molecule has 0 spiro atoms. The summed E-state index contributed by atoms with van der Waals surface area (Å²) in [6, 6.07) is 6.91. The molecule has 1 saturated carbocycles. The van der Waals surface area contributed by atoms with Gasteiger partial charge in [-0.15, -0.1) is 0 Å². The van der Waals surface area contributed by atoms with Crippen molar-refractivity contribution in [2.45, 2.75) is 51.2 Å². The quantitative estimate of drug-likeness (QED) is 0.856. The van der Waals surface area contributed by atoms with Gasteiger partial charge in [0, 0.05) is 25.0 Å². The van der Waals surface area contributed by atoms with Crippen LogP contribution in [0.1, 0.15) is 55.5 Å². The summed E-state index contributed by atoms with van der Waals surface area (Å²) >= 11 is 0. The number of hydrogen-bond acceptors (Lipinski definition) is 4. The van der Waals surface area contributed by atoms with Crippen LogP contribution in [0, 0.1) is 0 Å². The fourth-order valence-corrected chi connectivity index (χ4v) is 3.11. The first-order valence-corrected chi connectivity index (χ1v) is 9.24. The van der Waals surface area contributed by atoms with E-state index in [4.69, 9.17) is 9.84 Å². The van der Waals surface area contributed by atoms with E-state index in [0.29, 0.717) is 13.1 Å². The molecule has 0 bridgehead atoms. The molecule has 2 amide bonds. The number of carbonyl (C=O) groups is 3. The SMILES string of the molecule is CC(C)(C)OC(=O)N(CC(=O)N1CC(c2cccc(C(=O)O)c2)C1)C1CC1. The molecule has 7 heteroatoms. The predicted octanol–water partition coefficient (Wildman–Crippen LogP) is 2.71. The molecule has 146 valence electrons. The Bertz CT molecular complexity index is 745. The third kappa shape index (κ3) is 4.78. The fourth-order valence-electron chi connectivity index (χ4n) is 3.11. The summed E-state index contributed by atoms with van der Waals surface area (Å²) < 4.78 is 5.42. The molecule has 1 aromatic rings. The predicted molar refractivity (Wildman–Crippen MR) is 98.7 cm³/mol. The summed E-state index contributed by atoms with van der Waals surface area (Å²) in [4.78, 5) is 39.3. The van der Waals surface area contributed by atoms with Crippen molar-refractivity contribution in [2.75, 3.05) is 19.6 Å². The van der Waals surface area contributed by atoms with Crippen LogP contribution in [0.15, 0.2) is 24.3 Å². The molecule has 1 aliphatic heterocycles. The number of carboxylic acid groups (broad SMARTS) is 1. The third-order valence-electron chi connectivity index (χ3n) is 4.76. The van der Waals surface area contributed by atoms with E-state index in [1.54, 1.807) is 23.1 Å². The zero-order valence-corrected chi connectivity index (χ0v) is 16.0. The average molecular weight is 374 g/mol. The van der Waals surface area contributed by atoms with E-state index in [1.807, 2.05) is 26.8 Å². The number of likely N-dealkylation sites (tertiary alicyclic amines) is 1. The Morgan fingerprint density at radius 3 is 2.44 bits per heavy atom. The van der Waals surface area contributed by atoms with Gasteiger partial charge in [0.25, 0.3) is 0 Å². The van der Waals surface area contributed by atoms with Crippen LogP contribution in [0.3, 0.4) is 0 Å². The Labute approximate surface area is 158 Å². The molecule has 7 nitrogen and oxygen atoms in total. The van der Waals surface area contributed by atoms with Crippen molar-refractivity contribution in [1.82, 2.24) is 9.80 Å². The van der Waals surface area contributed by atoms with Gasteiger partial charge >= 0.3 is 12.1 Å². The largest absolute Gasteiger partial charge is 0.478 e. The average Bonchev–Trinajstić information content (AvgIpc) is 3.34. The minimum atomic E-state index is -0.957. The molecule has 0 atom stereocenters. The van der Waals surface area contributed by atoms with Crippen LogP contribution >= 0.6 is 0 Å². The fraction of sp³-hybridized carbons (Fsp3) is 0.550. The maximum absolute atomic E-state index is 12.6. The highest BCUT2D eigenvalue weighted by Gasteiger charge is 2.39. The first kappa shape index (κ1) is 19.2. The molecular formula is C20H26N2O5. The Hall–Kier alpha value is -2.57. The molecule has 3 rings (SSSR count). The van der Waals surface area contributed by atoms with Gasteiger partial charge in [-0.2, -0.15) is 0 Å². The van der Waals surface area contributed by atoms with Crippen molar-refractivity contribution in [1.29, 1.82) is 0 Å². The van der Waals surface area contributed by atoms with Gasteiger partial charge < -0.3 is 14.7 Å². The van der Waals surface area contributed by atoms with E-state index in [-0.39, 0.29) is 30.0 Å². The summed E-state index contributed by atoms with van der Waals surface area (Å²) in [7, 11) is 0. The van der Waals surface area contributed by atoms with Gasteiger partial charge in [-0.05, 0) is 51.3 Å². The molecule has 0 radical (unpaired) electrons. The number of ether oxygens (including phenoxy) is 1. The molecule has 2 fully saturated rings. The first-order valence-electron chi connectivity index (χ1n) is 9.24. The second kappa shape index (κ2) is 7.21. The van der Waals surface area contributed by atoms with Crippen LogP contribution in [0.5, 0.6) is 0 Å². The van der Waals surface area contributed by atoms with Gasteiger partial charge in [0.2, 0.25) is 5.91 Å². The number of aromatic carboxylic acids is 1. The number of carboxylic acids is 1. The van der Waals surface area contributed by atoms with E-state index in [1.165, 1.54) is 4.90 Å². The van der Waals surface area contributed by atoms with Crippen molar-refractivity contribution in [3.63, 3.8) is 0 Å². The topological polar surface area (TPSA) is 87.2 Å². The van der Waals surface area contributed by atoms with Crippen LogP contribution in [0.2, 0.25) is 0 Å². The van der Waals surface area contributed by atoms with Crippen LogP contribution in [0.4, 0.5) is 4.79 Å². The molecule has 1 heterocycles. The van der Waals surface area contributed by atoms with Crippen LogP contribution in [-0.4, -0.2) is 64.2 Å². The normalized spacial score (nSPS) is 17.2. The standard InChI is InChI=1S/C20H26N2O5/c1-20(2,3)27-19(26)22(16-7-8-16)12-17(23)21-10-15(11-21)13-5-4-6-14(9-13)18(24)25/h4-6,9,15-16H,7-8,10-12H2,1-3H3,(H,24,25). The second-order valence-electron chi connectivity index (χ2n) is 8.27. The molecule has 27 heavy (non-hydrogen) atoms. The van der Waals surface area contributed by atoms with Gasteiger partial charge in [0.1, 0.15) is 12.1 Å². The van der Waals surface area contributed by atoms with E-state index in [2.05, 4.69) is 0 Å². The summed E-state index contributed by atoms with van der Waals surface area (Å²) in [6.45, 7) is 6.53. The van der Waals surface area contributed by atoms with Crippen molar-refractivity contribution in [3.05, 3.63) is 35.4 Å². The molecule has 0 unspecified atom stereocenters. The van der Waals surface area contributed by atoms with Crippen molar-refractivity contribution in [2.24, 2.45) is 0 Å². The summed E-state index contributed by atoms with van der Waals surface area (Å²) in [5.74, 6) is -0.927. The molecule has 0 aromatic heterocycles. The van der Waals surface area contributed by atoms with Gasteiger partial charge in [-0.1, -0.05) is 12.1 Å². The van der Waals surface area contributed by atoms with E-state index in [0.717, 1.165) is 18.4 Å². The number of amides is 2. The maximum atomic E-state index is 12.6. The van der Waals surface area contributed by atoms with Crippen LogP contribution in [-0.2, 0) is 9.53 Å². The Kier molecular flexibility index (Phi) is 5.13. The number of nitrogens with zero attached hydrogens (tertiary/aromatic N) is 2. The molecular weight excluding hydrogens is 348 g/mol. The maximum Gasteiger partial charge on any atom is 0.411 e. The lowest BCUT2D eigenvalue weighted by molar-refractivity contribution is -0.137. The third-order valence-corrected chi connectivity index (χ3v) is 4.76. The van der Waals surface area contributed by atoms with E-state index < -0.39 is 17.7 Å². The van der Waals surface area contributed by atoms with Gasteiger partial charge in [0.05, 0.1) is 5.56 Å². The van der Waals surface area contributed by atoms with Gasteiger partial charge in [0.15, 0.2) is 0 Å².